The SMILES string of the molecule is COc1cccc(C(OCCN2CCN(C/C=C/c3ccccc3)CC2)c2cccc(Br)c2)c1. The van der Waals surface area contributed by atoms with Crippen LogP contribution in [0.15, 0.2) is 89.4 Å². The number of hydrogen-bond donors (Lipinski definition) is 0. The highest BCUT2D eigenvalue weighted by Crippen LogP contribution is 2.30. The minimum atomic E-state index is -0.128. The lowest BCUT2D eigenvalue weighted by molar-refractivity contribution is 0.0466. The molecule has 1 unspecified atom stereocenters. The van der Waals surface area contributed by atoms with Crippen molar-refractivity contribution in [3.63, 3.8) is 0 Å². The fourth-order valence-electron chi connectivity index (χ4n) is 4.26. The molecule has 1 saturated heterocycles. The number of hydrogen-bond acceptors (Lipinski definition) is 4. The molecule has 0 spiro atoms. The Hall–Kier alpha value is -2.44. The van der Waals surface area contributed by atoms with Gasteiger partial charge < -0.3 is 9.47 Å². The molecule has 178 valence electrons. The van der Waals surface area contributed by atoms with Gasteiger partial charge in [0.2, 0.25) is 0 Å². The average Bonchev–Trinajstić information content (AvgIpc) is 2.88. The Morgan fingerprint density at radius 1 is 0.853 bits per heavy atom. The van der Waals surface area contributed by atoms with Gasteiger partial charge in [0.05, 0.1) is 13.7 Å². The number of rotatable bonds is 10. The van der Waals surface area contributed by atoms with E-state index >= 15 is 0 Å². The fourth-order valence-corrected chi connectivity index (χ4v) is 4.67. The van der Waals surface area contributed by atoms with Gasteiger partial charge in [-0.25, -0.2) is 0 Å². The van der Waals surface area contributed by atoms with Crippen LogP contribution in [0.1, 0.15) is 22.8 Å². The third-order valence-electron chi connectivity index (χ3n) is 6.18. The lowest BCUT2D eigenvalue weighted by Gasteiger charge is -2.34. The van der Waals surface area contributed by atoms with Crippen LogP contribution in [0.3, 0.4) is 0 Å². The average molecular weight is 521 g/mol. The van der Waals surface area contributed by atoms with Crippen molar-refractivity contribution >= 4 is 22.0 Å². The Morgan fingerprint density at radius 3 is 2.29 bits per heavy atom. The zero-order chi connectivity index (χ0) is 23.6. The molecular formula is C29H33BrN2O2. The highest BCUT2D eigenvalue weighted by atomic mass is 79.9. The molecule has 0 aromatic heterocycles. The second-order valence-corrected chi connectivity index (χ2v) is 9.45. The Bertz CT molecular complexity index is 1050. The molecule has 0 N–H and O–H groups in total. The molecule has 5 heteroatoms. The summed E-state index contributed by atoms with van der Waals surface area (Å²) >= 11 is 3.60. The van der Waals surface area contributed by atoms with Crippen LogP contribution in [0.25, 0.3) is 6.08 Å². The summed E-state index contributed by atoms with van der Waals surface area (Å²) in [6.07, 6.45) is 4.35. The normalized spacial score (nSPS) is 16.1. The van der Waals surface area contributed by atoms with E-state index in [1.165, 1.54) is 5.56 Å². The molecule has 3 aromatic carbocycles. The largest absolute Gasteiger partial charge is 0.497 e. The van der Waals surface area contributed by atoms with E-state index in [9.17, 15) is 0 Å². The van der Waals surface area contributed by atoms with Crippen molar-refractivity contribution in [1.82, 2.24) is 9.80 Å². The number of ether oxygens (including phenoxy) is 2. The van der Waals surface area contributed by atoms with Crippen molar-refractivity contribution in [2.24, 2.45) is 0 Å². The monoisotopic (exact) mass is 520 g/mol. The van der Waals surface area contributed by atoms with Gasteiger partial charge in [0.15, 0.2) is 0 Å². The molecule has 0 amide bonds. The highest BCUT2D eigenvalue weighted by Gasteiger charge is 2.19. The minimum Gasteiger partial charge on any atom is -0.497 e. The Balaban J connectivity index is 1.28. The summed E-state index contributed by atoms with van der Waals surface area (Å²) in [5.74, 6) is 0.846. The summed E-state index contributed by atoms with van der Waals surface area (Å²) in [6, 6.07) is 27.0. The molecule has 1 aliphatic rings. The summed E-state index contributed by atoms with van der Waals surface area (Å²) in [7, 11) is 1.70. The molecular weight excluding hydrogens is 488 g/mol. The summed E-state index contributed by atoms with van der Waals surface area (Å²) in [4.78, 5) is 5.01. The minimum absolute atomic E-state index is 0.128. The van der Waals surface area contributed by atoms with E-state index in [0.29, 0.717) is 6.61 Å². The van der Waals surface area contributed by atoms with Gasteiger partial charge in [-0.15, -0.1) is 0 Å². The predicted octanol–water partition coefficient (Wildman–Crippen LogP) is 5.89. The first-order valence-corrected chi connectivity index (χ1v) is 12.7. The third-order valence-corrected chi connectivity index (χ3v) is 6.67. The van der Waals surface area contributed by atoms with Crippen LogP contribution < -0.4 is 4.74 Å². The molecule has 3 aromatic rings. The van der Waals surface area contributed by atoms with Gasteiger partial charge in [0.1, 0.15) is 11.9 Å². The van der Waals surface area contributed by atoms with Crippen LogP contribution >= 0.6 is 15.9 Å². The molecule has 0 radical (unpaired) electrons. The van der Waals surface area contributed by atoms with Gasteiger partial charge in [-0.3, -0.25) is 9.80 Å². The Kier molecular flexibility index (Phi) is 9.34. The topological polar surface area (TPSA) is 24.9 Å². The molecule has 34 heavy (non-hydrogen) atoms. The molecule has 0 aliphatic carbocycles. The standard InChI is InChI=1S/C29H33BrN2O2/c1-33-28-14-6-12-26(23-28)29(25-11-5-13-27(30)22-25)34-21-20-32-18-16-31(17-19-32)15-7-10-24-8-3-2-4-9-24/h2-14,22-23,29H,15-21H2,1H3/b10-7+. The highest BCUT2D eigenvalue weighted by molar-refractivity contribution is 9.10. The second kappa shape index (κ2) is 12.9. The number of benzene rings is 3. The second-order valence-electron chi connectivity index (χ2n) is 8.54. The number of methoxy groups -OCH3 is 1. The maximum atomic E-state index is 6.47. The van der Waals surface area contributed by atoms with E-state index in [2.05, 4.69) is 98.5 Å². The molecule has 1 fully saturated rings. The first-order valence-electron chi connectivity index (χ1n) is 11.9. The van der Waals surface area contributed by atoms with Gasteiger partial charge in [0.25, 0.3) is 0 Å². The van der Waals surface area contributed by atoms with Crippen molar-refractivity contribution in [2.45, 2.75) is 6.10 Å². The third kappa shape index (κ3) is 7.28. The Morgan fingerprint density at radius 2 is 1.56 bits per heavy atom. The van der Waals surface area contributed by atoms with E-state index in [-0.39, 0.29) is 6.10 Å². The van der Waals surface area contributed by atoms with Crippen LogP contribution in [0, 0.1) is 0 Å². The van der Waals surface area contributed by atoms with E-state index in [4.69, 9.17) is 9.47 Å². The molecule has 0 bridgehead atoms. The van der Waals surface area contributed by atoms with Crippen molar-refractivity contribution in [1.29, 1.82) is 0 Å². The van der Waals surface area contributed by atoms with Gasteiger partial charge in [-0.2, -0.15) is 0 Å². The van der Waals surface area contributed by atoms with Gasteiger partial charge in [-0.05, 0) is 41.0 Å². The predicted molar refractivity (Wildman–Crippen MR) is 143 cm³/mol. The van der Waals surface area contributed by atoms with Crippen molar-refractivity contribution < 1.29 is 9.47 Å². The van der Waals surface area contributed by atoms with Crippen molar-refractivity contribution in [2.75, 3.05) is 53.0 Å². The van der Waals surface area contributed by atoms with Gasteiger partial charge in [0, 0.05) is 43.7 Å². The lowest BCUT2D eigenvalue weighted by atomic mass is 10.0. The molecule has 4 rings (SSSR count). The maximum absolute atomic E-state index is 6.47. The van der Waals surface area contributed by atoms with E-state index in [1.54, 1.807) is 7.11 Å². The Labute approximate surface area is 211 Å². The first kappa shape index (κ1) is 24.7. The summed E-state index contributed by atoms with van der Waals surface area (Å²) in [5, 5.41) is 0. The van der Waals surface area contributed by atoms with Gasteiger partial charge in [-0.1, -0.05) is 82.7 Å². The molecule has 0 saturated carbocycles. The van der Waals surface area contributed by atoms with Crippen LogP contribution in [-0.2, 0) is 4.74 Å². The number of nitrogens with zero attached hydrogens (tertiary/aromatic N) is 2. The quantitative estimate of drug-likeness (QED) is 0.332. The maximum Gasteiger partial charge on any atom is 0.119 e. The summed E-state index contributed by atoms with van der Waals surface area (Å²) < 4.78 is 13.0. The molecule has 1 aliphatic heterocycles. The molecule has 1 atom stereocenters. The first-order chi connectivity index (χ1) is 16.7. The van der Waals surface area contributed by atoms with Crippen molar-refractivity contribution in [3.05, 3.63) is 106 Å². The number of piperazine rings is 1. The van der Waals surface area contributed by atoms with E-state index in [1.807, 2.05) is 18.2 Å². The van der Waals surface area contributed by atoms with Crippen LogP contribution in [0.5, 0.6) is 5.75 Å². The van der Waals surface area contributed by atoms with Crippen LogP contribution in [0.2, 0.25) is 0 Å². The molecule has 1 heterocycles. The smallest absolute Gasteiger partial charge is 0.119 e. The lowest BCUT2D eigenvalue weighted by Crippen LogP contribution is -2.47. The van der Waals surface area contributed by atoms with Crippen molar-refractivity contribution in [3.8, 4) is 5.75 Å². The van der Waals surface area contributed by atoms with E-state index < -0.39 is 0 Å². The van der Waals surface area contributed by atoms with E-state index in [0.717, 1.165) is 60.6 Å². The summed E-state index contributed by atoms with van der Waals surface area (Å²) in [6.45, 7) is 6.94. The van der Waals surface area contributed by atoms with Crippen LogP contribution in [0.4, 0.5) is 0 Å². The zero-order valence-electron chi connectivity index (χ0n) is 19.8. The summed E-state index contributed by atoms with van der Waals surface area (Å²) in [5.41, 5.74) is 3.50. The zero-order valence-corrected chi connectivity index (χ0v) is 21.4. The van der Waals surface area contributed by atoms with Gasteiger partial charge >= 0.3 is 0 Å². The number of halogens is 1. The van der Waals surface area contributed by atoms with Crippen LogP contribution in [-0.4, -0.2) is 62.8 Å². The fraction of sp³-hybridized carbons (Fsp3) is 0.310. The molecule has 4 nitrogen and oxygen atoms in total.